The second-order valence-corrected chi connectivity index (χ2v) is 4.60. The van der Waals surface area contributed by atoms with Gasteiger partial charge in [-0.25, -0.2) is 4.79 Å². The van der Waals surface area contributed by atoms with Crippen molar-refractivity contribution in [3.8, 4) is 5.75 Å². The maximum Gasteiger partial charge on any atom is 0.337 e. The molecule has 0 fully saturated rings. The minimum atomic E-state index is -0.487. The van der Waals surface area contributed by atoms with Gasteiger partial charge in [0.1, 0.15) is 5.75 Å². The molecular formula is C15H12ClNO4. The largest absolute Gasteiger partial charge is 0.506 e. The number of carbonyl (C=O) groups is 2. The molecule has 0 aliphatic heterocycles. The van der Waals surface area contributed by atoms with Crippen LogP contribution in [-0.2, 0) is 4.74 Å². The lowest BCUT2D eigenvalue weighted by atomic mass is 10.1. The van der Waals surface area contributed by atoms with E-state index in [1.807, 2.05) is 0 Å². The molecule has 0 heterocycles. The Bertz CT molecular complexity index is 700. The molecule has 5 nitrogen and oxygen atoms in total. The molecule has 0 spiro atoms. The Kier molecular flexibility index (Phi) is 4.45. The second-order valence-electron chi connectivity index (χ2n) is 4.19. The molecular weight excluding hydrogens is 294 g/mol. The minimum absolute atomic E-state index is 0.0889. The normalized spacial score (nSPS) is 10.0. The molecule has 2 rings (SSSR count). The van der Waals surface area contributed by atoms with Gasteiger partial charge < -0.3 is 15.2 Å². The summed E-state index contributed by atoms with van der Waals surface area (Å²) < 4.78 is 4.61. The van der Waals surface area contributed by atoms with Crippen molar-refractivity contribution >= 4 is 29.2 Å². The summed E-state index contributed by atoms with van der Waals surface area (Å²) in [5.74, 6) is -0.987. The number of ether oxygens (including phenoxy) is 1. The van der Waals surface area contributed by atoms with Gasteiger partial charge in [0, 0.05) is 11.3 Å². The van der Waals surface area contributed by atoms with E-state index >= 15 is 0 Å². The van der Waals surface area contributed by atoms with E-state index in [0.29, 0.717) is 16.8 Å². The number of hydrogen-bond acceptors (Lipinski definition) is 4. The third kappa shape index (κ3) is 3.52. The summed E-state index contributed by atoms with van der Waals surface area (Å²) in [5, 5.41) is 12.1. The molecule has 0 aromatic heterocycles. The van der Waals surface area contributed by atoms with Crippen LogP contribution in [0.15, 0.2) is 42.5 Å². The molecule has 6 heteroatoms. The van der Waals surface area contributed by atoms with Gasteiger partial charge in [-0.15, -0.1) is 0 Å². The lowest BCUT2D eigenvalue weighted by Crippen LogP contribution is -2.12. The number of carbonyl (C=O) groups excluding carboxylic acids is 2. The van der Waals surface area contributed by atoms with Crippen molar-refractivity contribution in [1.82, 2.24) is 0 Å². The Morgan fingerprint density at radius 3 is 2.57 bits per heavy atom. The Hall–Kier alpha value is -2.53. The van der Waals surface area contributed by atoms with Crippen LogP contribution < -0.4 is 5.32 Å². The lowest BCUT2D eigenvalue weighted by Gasteiger charge is -2.07. The highest BCUT2D eigenvalue weighted by atomic mass is 35.5. The number of methoxy groups -OCH3 is 1. The van der Waals surface area contributed by atoms with Crippen molar-refractivity contribution in [3.05, 3.63) is 58.6 Å². The van der Waals surface area contributed by atoms with Crippen LogP contribution in [0.3, 0.4) is 0 Å². The Labute approximate surface area is 126 Å². The molecule has 0 aliphatic rings. The van der Waals surface area contributed by atoms with Crippen LogP contribution in [0.5, 0.6) is 5.75 Å². The van der Waals surface area contributed by atoms with E-state index in [1.165, 1.54) is 31.4 Å². The third-order valence-corrected chi connectivity index (χ3v) is 3.05. The summed E-state index contributed by atoms with van der Waals surface area (Å²) in [6, 6.07) is 10.5. The average Bonchev–Trinajstić information content (AvgIpc) is 2.49. The van der Waals surface area contributed by atoms with Crippen LogP contribution in [0.2, 0.25) is 5.02 Å². The van der Waals surface area contributed by atoms with Crippen molar-refractivity contribution in [1.29, 1.82) is 0 Å². The number of phenolic OH excluding ortho intramolecular Hbond substituents is 1. The molecule has 2 N–H and O–H groups in total. The van der Waals surface area contributed by atoms with E-state index in [2.05, 4.69) is 10.1 Å². The molecule has 108 valence electrons. The van der Waals surface area contributed by atoms with Crippen molar-refractivity contribution in [3.63, 3.8) is 0 Å². The predicted molar refractivity (Wildman–Crippen MR) is 78.9 cm³/mol. The smallest absolute Gasteiger partial charge is 0.337 e. The minimum Gasteiger partial charge on any atom is -0.506 e. The van der Waals surface area contributed by atoms with Gasteiger partial charge in [-0.05, 0) is 36.4 Å². The third-order valence-electron chi connectivity index (χ3n) is 2.75. The first kappa shape index (κ1) is 14.9. The lowest BCUT2D eigenvalue weighted by molar-refractivity contribution is 0.0600. The molecule has 0 saturated heterocycles. The summed E-state index contributed by atoms with van der Waals surface area (Å²) in [4.78, 5) is 23.5. The Morgan fingerprint density at radius 2 is 1.90 bits per heavy atom. The van der Waals surface area contributed by atoms with Gasteiger partial charge in [0.15, 0.2) is 0 Å². The second kappa shape index (κ2) is 6.28. The van der Waals surface area contributed by atoms with E-state index in [4.69, 9.17) is 11.6 Å². The average molecular weight is 306 g/mol. The van der Waals surface area contributed by atoms with Crippen molar-refractivity contribution in [2.45, 2.75) is 0 Å². The van der Waals surface area contributed by atoms with Crippen LogP contribution >= 0.6 is 11.6 Å². The summed E-state index contributed by atoms with van der Waals surface area (Å²) in [6.07, 6.45) is 0. The van der Waals surface area contributed by atoms with Crippen molar-refractivity contribution in [2.24, 2.45) is 0 Å². The van der Waals surface area contributed by atoms with Crippen LogP contribution in [0.25, 0.3) is 0 Å². The van der Waals surface area contributed by atoms with Crippen LogP contribution in [0, 0.1) is 0 Å². The standard InChI is InChI=1S/C15H12ClNO4/c1-21-15(20)10-3-2-4-11(7-10)17-14(19)9-5-6-13(18)12(16)8-9/h2-8,18H,1H3,(H,17,19). The molecule has 0 radical (unpaired) electrons. The monoisotopic (exact) mass is 305 g/mol. The zero-order chi connectivity index (χ0) is 15.4. The fourth-order valence-corrected chi connectivity index (χ4v) is 1.87. The molecule has 1 amide bonds. The van der Waals surface area contributed by atoms with Gasteiger partial charge >= 0.3 is 5.97 Å². The first-order valence-corrected chi connectivity index (χ1v) is 6.37. The number of nitrogens with one attached hydrogen (secondary N) is 1. The summed E-state index contributed by atoms with van der Waals surface area (Å²) in [5.41, 5.74) is 1.08. The number of anilines is 1. The van der Waals surface area contributed by atoms with Gasteiger partial charge in [-0.1, -0.05) is 17.7 Å². The maximum atomic E-state index is 12.1. The van der Waals surface area contributed by atoms with Gasteiger partial charge in [0.05, 0.1) is 17.7 Å². The molecule has 21 heavy (non-hydrogen) atoms. The SMILES string of the molecule is COC(=O)c1cccc(NC(=O)c2ccc(O)c(Cl)c2)c1. The van der Waals surface area contributed by atoms with E-state index in [1.54, 1.807) is 18.2 Å². The van der Waals surface area contributed by atoms with Crippen molar-refractivity contribution < 1.29 is 19.4 Å². The molecule has 0 unspecified atom stereocenters. The molecule has 0 saturated carbocycles. The van der Waals surface area contributed by atoms with Gasteiger partial charge in [0.2, 0.25) is 0 Å². The predicted octanol–water partition coefficient (Wildman–Crippen LogP) is 3.08. The van der Waals surface area contributed by atoms with Crippen LogP contribution in [-0.4, -0.2) is 24.1 Å². The number of esters is 1. The van der Waals surface area contributed by atoms with Gasteiger partial charge in [-0.3, -0.25) is 4.79 Å². The summed E-state index contributed by atoms with van der Waals surface area (Å²) in [6.45, 7) is 0. The fourth-order valence-electron chi connectivity index (χ4n) is 1.69. The topological polar surface area (TPSA) is 75.6 Å². The van der Waals surface area contributed by atoms with Crippen LogP contribution in [0.1, 0.15) is 20.7 Å². The molecule has 2 aromatic rings. The van der Waals surface area contributed by atoms with E-state index in [9.17, 15) is 14.7 Å². The Balaban J connectivity index is 2.19. The maximum absolute atomic E-state index is 12.1. The molecule has 0 atom stereocenters. The number of phenols is 1. The first-order valence-electron chi connectivity index (χ1n) is 5.99. The zero-order valence-corrected chi connectivity index (χ0v) is 11.8. The zero-order valence-electron chi connectivity index (χ0n) is 11.1. The fraction of sp³-hybridized carbons (Fsp3) is 0.0667. The summed E-state index contributed by atoms with van der Waals surface area (Å²) >= 11 is 5.76. The molecule has 0 aliphatic carbocycles. The summed E-state index contributed by atoms with van der Waals surface area (Å²) in [7, 11) is 1.28. The number of halogens is 1. The number of amides is 1. The molecule has 0 bridgehead atoms. The Morgan fingerprint density at radius 1 is 1.14 bits per heavy atom. The van der Waals surface area contributed by atoms with E-state index < -0.39 is 11.9 Å². The highest BCUT2D eigenvalue weighted by Gasteiger charge is 2.10. The van der Waals surface area contributed by atoms with Crippen LogP contribution in [0.4, 0.5) is 5.69 Å². The van der Waals surface area contributed by atoms with E-state index in [-0.39, 0.29) is 10.8 Å². The highest BCUT2D eigenvalue weighted by Crippen LogP contribution is 2.24. The number of rotatable bonds is 3. The van der Waals surface area contributed by atoms with Crippen molar-refractivity contribution in [2.75, 3.05) is 12.4 Å². The number of aromatic hydroxyl groups is 1. The van der Waals surface area contributed by atoms with E-state index in [0.717, 1.165) is 0 Å². The highest BCUT2D eigenvalue weighted by molar-refractivity contribution is 6.32. The van der Waals surface area contributed by atoms with Gasteiger partial charge in [0.25, 0.3) is 5.91 Å². The first-order chi connectivity index (χ1) is 10.0. The molecule has 2 aromatic carbocycles. The quantitative estimate of drug-likeness (QED) is 0.854. The number of benzene rings is 2. The van der Waals surface area contributed by atoms with Gasteiger partial charge in [-0.2, -0.15) is 0 Å². The number of hydrogen-bond donors (Lipinski definition) is 2.